The molecule has 0 fully saturated rings. The van der Waals surface area contributed by atoms with E-state index < -0.39 is 0 Å². The average Bonchev–Trinajstić information content (AvgIpc) is 2.77. The predicted molar refractivity (Wildman–Crippen MR) is 115 cm³/mol. The summed E-state index contributed by atoms with van der Waals surface area (Å²) in [5.41, 5.74) is 4.37. The fourth-order valence-electron chi connectivity index (χ4n) is 4.36. The third-order valence-corrected chi connectivity index (χ3v) is 5.59. The minimum Gasteiger partial charge on any atom is -0.495 e. The van der Waals surface area contributed by atoms with Crippen molar-refractivity contribution in [3.05, 3.63) is 46.5 Å². The van der Waals surface area contributed by atoms with Gasteiger partial charge >= 0.3 is 11.9 Å². The normalized spacial score (nSPS) is 13.8. The highest BCUT2D eigenvalue weighted by atomic mass is 16.5. The van der Waals surface area contributed by atoms with Crippen LogP contribution in [0, 0.1) is 0 Å². The van der Waals surface area contributed by atoms with Gasteiger partial charge in [0.05, 0.1) is 56.6 Å². The molecule has 2 aromatic carbocycles. The summed E-state index contributed by atoms with van der Waals surface area (Å²) < 4.78 is 21.8. The van der Waals surface area contributed by atoms with Crippen molar-refractivity contribution >= 4 is 23.3 Å². The molecular weight excluding hydrogens is 400 g/mol. The van der Waals surface area contributed by atoms with Gasteiger partial charge in [-0.1, -0.05) is 0 Å². The predicted octanol–water partition coefficient (Wildman–Crippen LogP) is 3.35. The molecular formula is C23H26N2O6. The van der Waals surface area contributed by atoms with Gasteiger partial charge < -0.3 is 28.7 Å². The van der Waals surface area contributed by atoms with Gasteiger partial charge in [0.25, 0.3) is 0 Å². The SMILES string of the molecule is CCOC(=O)c1ccc(OC)c2c1CN1CN2Cc2c(C(=O)OCC)ccc(OC)c21. The van der Waals surface area contributed by atoms with Gasteiger partial charge in [-0.3, -0.25) is 0 Å². The van der Waals surface area contributed by atoms with Crippen LogP contribution >= 0.6 is 0 Å². The molecule has 164 valence electrons. The van der Waals surface area contributed by atoms with Crippen molar-refractivity contribution in [3.8, 4) is 11.5 Å². The van der Waals surface area contributed by atoms with Crippen molar-refractivity contribution in [3.63, 3.8) is 0 Å². The third kappa shape index (κ3) is 3.41. The zero-order chi connectivity index (χ0) is 22.1. The van der Waals surface area contributed by atoms with E-state index in [0.717, 1.165) is 22.5 Å². The zero-order valence-electron chi connectivity index (χ0n) is 18.2. The van der Waals surface area contributed by atoms with Crippen LogP contribution in [0.4, 0.5) is 11.4 Å². The summed E-state index contributed by atoms with van der Waals surface area (Å²) in [5, 5.41) is 0. The van der Waals surface area contributed by atoms with Crippen molar-refractivity contribution in [1.29, 1.82) is 0 Å². The second-order valence-corrected chi connectivity index (χ2v) is 7.26. The van der Waals surface area contributed by atoms with Crippen LogP contribution in [0.25, 0.3) is 0 Å². The maximum absolute atomic E-state index is 12.6. The van der Waals surface area contributed by atoms with Crippen LogP contribution in [0.5, 0.6) is 11.5 Å². The summed E-state index contributed by atoms with van der Waals surface area (Å²) in [6, 6.07) is 7.06. The lowest BCUT2D eigenvalue weighted by Gasteiger charge is -2.46. The number of carbonyl (C=O) groups excluding carboxylic acids is 2. The summed E-state index contributed by atoms with van der Waals surface area (Å²) in [7, 11) is 3.22. The molecule has 0 radical (unpaired) electrons. The van der Waals surface area contributed by atoms with Crippen LogP contribution in [0.3, 0.4) is 0 Å². The first-order valence-corrected chi connectivity index (χ1v) is 10.3. The molecule has 2 aromatic rings. The number of methoxy groups -OCH3 is 2. The Morgan fingerprint density at radius 3 is 1.55 bits per heavy atom. The molecule has 8 heteroatoms. The first kappa shape index (κ1) is 20.8. The Morgan fingerprint density at radius 1 is 0.774 bits per heavy atom. The Balaban J connectivity index is 1.87. The summed E-state index contributed by atoms with van der Waals surface area (Å²) in [4.78, 5) is 29.5. The fourth-order valence-corrected chi connectivity index (χ4v) is 4.36. The largest absolute Gasteiger partial charge is 0.495 e. The molecule has 0 N–H and O–H groups in total. The van der Waals surface area contributed by atoms with E-state index in [-0.39, 0.29) is 11.9 Å². The lowest BCUT2D eigenvalue weighted by molar-refractivity contribution is 0.0516. The van der Waals surface area contributed by atoms with E-state index >= 15 is 0 Å². The fraction of sp³-hybridized carbons (Fsp3) is 0.391. The molecule has 0 saturated carbocycles. The third-order valence-electron chi connectivity index (χ3n) is 5.59. The molecule has 0 saturated heterocycles. The minimum absolute atomic E-state index is 0.298. The highest BCUT2D eigenvalue weighted by molar-refractivity contribution is 5.97. The average molecular weight is 426 g/mol. The van der Waals surface area contributed by atoms with E-state index in [1.54, 1.807) is 52.3 Å². The van der Waals surface area contributed by atoms with Gasteiger partial charge in [-0.05, 0) is 38.1 Å². The molecule has 0 spiro atoms. The highest BCUT2D eigenvalue weighted by Crippen LogP contribution is 2.47. The molecule has 0 aliphatic carbocycles. The van der Waals surface area contributed by atoms with Gasteiger partial charge in [-0.15, -0.1) is 0 Å². The van der Waals surface area contributed by atoms with Crippen molar-refractivity contribution in [2.75, 3.05) is 43.9 Å². The van der Waals surface area contributed by atoms with Crippen LogP contribution < -0.4 is 19.3 Å². The van der Waals surface area contributed by atoms with Crippen molar-refractivity contribution in [1.82, 2.24) is 0 Å². The standard InChI is InChI=1S/C23H26N2O6/c1-5-30-22(26)14-7-9-18(28-3)20-16(14)11-24-13-25(20)12-17-15(23(27)31-6-2)8-10-19(29-4)21(17)24/h7-10H,5-6,11-13H2,1-4H3. The number of rotatable bonds is 6. The molecule has 2 aliphatic rings. The van der Waals surface area contributed by atoms with Gasteiger partial charge in [0, 0.05) is 24.2 Å². The number of hydrogen-bond acceptors (Lipinski definition) is 8. The highest BCUT2D eigenvalue weighted by Gasteiger charge is 2.37. The summed E-state index contributed by atoms with van der Waals surface area (Å²) in [6.07, 6.45) is 0. The van der Waals surface area contributed by atoms with Crippen molar-refractivity contribution in [2.45, 2.75) is 26.9 Å². The van der Waals surface area contributed by atoms with Gasteiger partial charge in [0.2, 0.25) is 0 Å². The van der Waals surface area contributed by atoms with E-state index in [2.05, 4.69) is 9.80 Å². The first-order valence-electron chi connectivity index (χ1n) is 10.3. The maximum Gasteiger partial charge on any atom is 0.338 e. The monoisotopic (exact) mass is 426 g/mol. The molecule has 2 bridgehead atoms. The second-order valence-electron chi connectivity index (χ2n) is 7.26. The van der Waals surface area contributed by atoms with Gasteiger partial charge in [0.15, 0.2) is 0 Å². The lowest BCUT2D eigenvalue weighted by Crippen LogP contribution is -2.47. The smallest absolute Gasteiger partial charge is 0.338 e. The minimum atomic E-state index is -0.365. The Labute approximate surface area is 181 Å². The van der Waals surface area contributed by atoms with Crippen LogP contribution in [0.15, 0.2) is 24.3 Å². The molecule has 2 aliphatic heterocycles. The zero-order valence-corrected chi connectivity index (χ0v) is 18.2. The molecule has 0 unspecified atom stereocenters. The van der Waals surface area contributed by atoms with E-state index in [4.69, 9.17) is 18.9 Å². The number of anilines is 2. The number of ether oxygens (including phenoxy) is 4. The van der Waals surface area contributed by atoms with E-state index in [9.17, 15) is 9.59 Å². The lowest BCUT2D eigenvalue weighted by atomic mass is 9.94. The number of benzene rings is 2. The van der Waals surface area contributed by atoms with Crippen molar-refractivity contribution < 1.29 is 28.5 Å². The Kier molecular flexibility index (Phi) is 5.63. The van der Waals surface area contributed by atoms with E-state index in [0.29, 0.717) is 55.6 Å². The topological polar surface area (TPSA) is 77.5 Å². The van der Waals surface area contributed by atoms with Crippen LogP contribution in [-0.2, 0) is 22.6 Å². The van der Waals surface area contributed by atoms with Crippen LogP contribution in [0.1, 0.15) is 45.7 Å². The molecule has 0 amide bonds. The molecule has 8 nitrogen and oxygen atoms in total. The Morgan fingerprint density at radius 2 is 1.19 bits per heavy atom. The van der Waals surface area contributed by atoms with E-state index in [1.807, 2.05) is 0 Å². The first-order chi connectivity index (χ1) is 15.0. The van der Waals surface area contributed by atoms with Gasteiger partial charge in [-0.25, -0.2) is 9.59 Å². The molecule has 0 atom stereocenters. The number of esters is 2. The van der Waals surface area contributed by atoms with E-state index in [1.165, 1.54) is 0 Å². The van der Waals surface area contributed by atoms with Crippen LogP contribution in [-0.4, -0.2) is 46.0 Å². The van der Waals surface area contributed by atoms with Crippen molar-refractivity contribution in [2.24, 2.45) is 0 Å². The second kappa shape index (κ2) is 8.37. The molecule has 4 rings (SSSR count). The maximum atomic E-state index is 12.6. The molecule has 2 heterocycles. The quantitative estimate of drug-likeness (QED) is 0.651. The number of fused-ring (bicyclic) bond motifs is 6. The molecule has 0 aromatic heterocycles. The van der Waals surface area contributed by atoms with Gasteiger partial charge in [0.1, 0.15) is 11.5 Å². The van der Waals surface area contributed by atoms with Crippen LogP contribution in [0.2, 0.25) is 0 Å². The number of carbonyl (C=O) groups is 2. The number of nitrogens with zero attached hydrogens (tertiary/aromatic N) is 2. The summed E-state index contributed by atoms with van der Waals surface area (Å²) >= 11 is 0. The van der Waals surface area contributed by atoms with Gasteiger partial charge in [-0.2, -0.15) is 0 Å². The summed E-state index contributed by atoms with van der Waals surface area (Å²) in [6.45, 7) is 5.64. The Hall–Kier alpha value is -3.42. The number of hydrogen-bond donors (Lipinski definition) is 0. The summed E-state index contributed by atoms with van der Waals surface area (Å²) in [5.74, 6) is 0.617. The Bertz CT molecular complexity index is 954. The molecule has 31 heavy (non-hydrogen) atoms.